The van der Waals surface area contributed by atoms with Crippen LogP contribution in [0.25, 0.3) is 11.0 Å². The van der Waals surface area contributed by atoms with Gasteiger partial charge in [-0.05, 0) is 37.3 Å². The van der Waals surface area contributed by atoms with E-state index in [0.29, 0.717) is 5.02 Å². The normalized spacial score (nSPS) is 11.9. The molecule has 0 fully saturated rings. The molecule has 28 heavy (non-hydrogen) atoms. The van der Waals surface area contributed by atoms with Crippen LogP contribution in [0.1, 0.15) is 17.5 Å². The van der Waals surface area contributed by atoms with Crippen molar-refractivity contribution in [2.45, 2.75) is 13.0 Å². The van der Waals surface area contributed by atoms with Gasteiger partial charge in [0.1, 0.15) is 5.58 Å². The quantitative estimate of drug-likeness (QED) is 0.663. The Hall–Kier alpha value is -3.26. The predicted molar refractivity (Wildman–Crippen MR) is 97.4 cm³/mol. The summed E-state index contributed by atoms with van der Waals surface area (Å²) < 4.78 is 36.4. The molecule has 0 unspecified atom stereocenters. The maximum absolute atomic E-state index is 13.2. The average molecular weight is 408 g/mol. The SMILES string of the molecule is C[C@H](OC(=O)c1cc(=O)c2cc(Cl)ccc2o1)C(=O)Nc1ccc(F)c(F)c1. The van der Waals surface area contributed by atoms with Crippen molar-refractivity contribution in [2.24, 2.45) is 0 Å². The number of halogens is 3. The smallest absolute Gasteiger partial charge is 0.375 e. The number of amides is 1. The lowest BCUT2D eigenvalue weighted by molar-refractivity contribution is -0.123. The third kappa shape index (κ3) is 4.17. The lowest BCUT2D eigenvalue weighted by atomic mass is 10.2. The molecule has 3 rings (SSSR count). The molecule has 0 aliphatic rings. The molecule has 144 valence electrons. The van der Waals surface area contributed by atoms with Gasteiger partial charge in [-0.25, -0.2) is 13.6 Å². The number of carbonyl (C=O) groups is 2. The zero-order valence-corrected chi connectivity index (χ0v) is 15.0. The highest BCUT2D eigenvalue weighted by molar-refractivity contribution is 6.31. The van der Waals surface area contributed by atoms with Crippen molar-refractivity contribution in [3.63, 3.8) is 0 Å². The summed E-state index contributed by atoms with van der Waals surface area (Å²) in [5, 5.41) is 2.80. The molecule has 2 aromatic carbocycles. The molecule has 3 aromatic rings. The molecule has 0 saturated carbocycles. The first-order valence-electron chi connectivity index (χ1n) is 7.95. The van der Waals surface area contributed by atoms with E-state index in [9.17, 15) is 23.2 Å². The summed E-state index contributed by atoms with van der Waals surface area (Å²) in [6, 6.07) is 8.02. The monoisotopic (exact) mass is 407 g/mol. The summed E-state index contributed by atoms with van der Waals surface area (Å²) in [6.07, 6.45) is -1.30. The summed E-state index contributed by atoms with van der Waals surface area (Å²) in [5.74, 6) is -4.42. The molecule has 6 nitrogen and oxygen atoms in total. The van der Waals surface area contributed by atoms with Crippen LogP contribution in [0.3, 0.4) is 0 Å². The molecule has 1 amide bonds. The van der Waals surface area contributed by atoms with Crippen LogP contribution in [0.5, 0.6) is 0 Å². The van der Waals surface area contributed by atoms with Crippen LogP contribution >= 0.6 is 11.6 Å². The van der Waals surface area contributed by atoms with Gasteiger partial charge in [0.05, 0.1) is 5.39 Å². The van der Waals surface area contributed by atoms with Gasteiger partial charge in [0.15, 0.2) is 23.2 Å². The van der Waals surface area contributed by atoms with Crippen LogP contribution in [0, 0.1) is 11.6 Å². The van der Waals surface area contributed by atoms with Gasteiger partial charge in [-0.3, -0.25) is 9.59 Å². The summed E-state index contributed by atoms with van der Waals surface area (Å²) in [5.41, 5.74) is -0.391. The number of hydrogen-bond acceptors (Lipinski definition) is 5. The van der Waals surface area contributed by atoms with Crippen molar-refractivity contribution in [3.05, 3.63) is 75.1 Å². The summed E-state index contributed by atoms with van der Waals surface area (Å²) in [6.45, 7) is 1.27. The number of anilines is 1. The highest BCUT2D eigenvalue weighted by atomic mass is 35.5. The first kappa shape index (κ1) is 19.5. The van der Waals surface area contributed by atoms with E-state index >= 15 is 0 Å². The van der Waals surface area contributed by atoms with Crippen molar-refractivity contribution in [2.75, 3.05) is 5.32 Å². The molecular weight excluding hydrogens is 396 g/mol. The second-order valence-electron chi connectivity index (χ2n) is 5.78. The fourth-order valence-corrected chi connectivity index (χ4v) is 2.49. The van der Waals surface area contributed by atoms with Crippen molar-refractivity contribution in [3.8, 4) is 0 Å². The molecule has 1 N–H and O–H groups in total. The summed E-state index contributed by atoms with van der Waals surface area (Å²) >= 11 is 5.82. The van der Waals surface area contributed by atoms with Gasteiger partial charge in [-0.2, -0.15) is 0 Å². The molecule has 0 radical (unpaired) electrons. The zero-order chi connectivity index (χ0) is 20.4. The van der Waals surface area contributed by atoms with E-state index in [1.807, 2.05) is 0 Å². The molecule has 1 aromatic heterocycles. The molecule has 0 bridgehead atoms. The summed E-state index contributed by atoms with van der Waals surface area (Å²) in [7, 11) is 0. The largest absolute Gasteiger partial charge is 0.449 e. The van der Waals surface area contributed by atoms with E-state index in [2.05, 4.69) is 5.32 Å². The first-order valence-corrected chi connectivity index (χ1v) is 8.32. The van der Waals surface area contributed by atoms with Crippen LogP contribution in [0.2, 0.25) is 5.02 Å². The molecule has 0 aliphatic carbocycles. The molecule has 0 spiro atoms. The standard InChI is InChI=1S/C19H12ClF2NO5/c1-9(18(25)23-11-3-4-13(21)14(22)7-11)27-19(26)17-8-15(24)12-6-10(20)2-5-16(12)28-17/h2-9H,1H3,(H,23,25)/t9-/m0/s1. The molecular formula is C19H12ClF2NO5. The second kappa shape index (κ2) is 7.77. The van der Waals surface area contributed by atoms with Crippen molar-refractivity contribution in [1.82, 2.24) is 0 Å². The van der Waals surface area contributed by atoms with E-state index < -0.39 is 40.8 Å². The third-order valence-corrected chi connectivity index (χ3v) is 3.97. The van der Waals surface area contributed by atoms with E-state index in [4.69, 9.17) is 20.8 Å². The average Bonchev–Trinajstić information content (AvgIpc) is 2.65. The lowest BCUT2D eigenvalue weighted by Gasteiger charge is -2.13. The van der Waals surface area contributed by atoms with E-state index in [1.54, 1.807) is 0 Å². The highest BCUT2D eigenvalue weighted by Gasteiger charge is 2.22. The Balaban J connectivity index is 1.73. The number of nitrogens with one attached hydrogen (secondary N) is 1. The Kier molecular flexibility index (Phi) is 5.41. The van der Waals surface area contributed by atoms with Crippen molar-refractivity contribution in [1.29, 1.82) is 0 Å². The van der Waals surface area contributed by atoms with Crippen molar-refractivity contribution >= 4 is 40.1 Å². The van der Waals surface area contributed by atoms with Gasteiger partial charge in [0.2, 0.25) is 5.76 Å². The number of benzene rings is 2. The van der Waals surface area contributed by atoms with Crippen molar-refractivity contribution < 1.29 is 27.5 Å². The van der Waals surface area contributed by atoms with Crippen LogP contribution in [0.4, 0.5) is 14.5 Å². The highest BCUT2D eigenvalue weighted by Crippen LogP contribution is 2.18. The Labute approximate surface area is 161 Å². The minimum Gasteiger partial charge on any atom is -0.449 e. The lowest BCUT2D eigenvalue weighted by Crippen LogP contribution is -2.30. The van der Waals surface area contributed by atoms with Crippen LogP contribution in [-0.4, -0.2) is 18.0 Å². The Morgan fingerprint density at radius 3 is 2.57 bits per heavy atom. The number of ether oxygens (including phenoxy) is 1. The maximum atomic E-state index is 13.2. The number of hydrogen-bond donors (Lipinski definition) is 1. The fraction of sp³-hybridized carbons (Fsp3) is 0.105. The van der Waals surface area contributed by atoms with E-state index in [-0.39, 0.29) is 16.7 Å². The fourth-order valence-electron chi connectivity index (χ4n) is 2.32. The number of rotatable bonds is 4. The zero-order valence-electron chi connectivity index (χ0n) is 14.3. The van der Waals surface area contributed by atoms with Gasteiger partial charge in [0, 0.05) is 22.8 Å². The van der Waals surface area contributed by atoms with Gasteiger partial charge >= 0.3 is 5.97 Å². The van der Waals surface area contributed by atoms with E-state index in [1.165, 1.54) is 25.1 Å². The maximum Gasteiger partial charge on any atom is 0.375 e. The molecule has 1 heterocycles. The Bertz CT molecular complexity index is 1140. The second-order valence-corrected chi connectivity index (χ2v) is 6.22. The van der Waals surface area contributed by atoms with Crippen LogP contribution < -0.4 is 10.7 Å². The summed E-state index contributed by atoms with van der Waals surface area (Å²) in [4.78, 5) is 36.4. The van der Waals surface area contributed by atoms with Crippen LogP contribution in [-0.2, 0) is 9.53 Å². The number of fused-ring (bicyclic) bond motifs is 1. The van der Waals surface area contributed by atoms with Crippen LogP contribution in [0.15, 0.2) is 51.7 Å². The Morgan fingerprint density at radius 2 is 1.86 bits per heavy atom. The Morgan fingerprint density at radius 1 is 1.11 bits per heavy atom. The number of carbonyl (C=O) groups excluding carboxylic acids is 2. The molecule has 9 heteroatoms. The van der Waals surface area contributed by atoms with Gasteiger partial charge in [0.25, 0.3) is 5.91 Å². The van der Waals surface area contributed by atoms with Gasteiger partial charge in [-0.15, -0.1) is 0 Å². The third-order valence-electron chi connectivity index (χ3n) is 3.73. The molecule has 0 saturated heterocycles. The first-order chi connectivity index (χ1) is 13.2. The minimum atomic E-state index is -1.30. The topological polar surface area (TPSA) is 85.6 Å². The van der Waals surface area contributed by atoms with E-state index in [0.717, 1.165) is 24.3 Å². The number of esters is 1. The molecule has 0 aliphatic heterocycles. The molecule has 1 atom stereocenters. The van der Waals surface area contributed by atoms with Gasteiger partial charge < -0.3 is 14.5 Å². The van der Waals surface area contributed by atoms with Gasteiger partial charge in [-0.1, -0.05) is 11.6 Å². The predicted octanol–water partition coefficient (Wildman–Crippen LogP) is 3.91. The minimum absolute atomic E-state index is 0.0130.